The number of rotatable bonds is 15. The number of non-ortho nitro benzene ring substituents is 2. The number of hydrogen-bond donors (Lipinski definition) is 4. The van der Waals surface area contributed by atoms with E-state index in [0.717, 1.165) is 70.1 Å². The van der Waals surface area contributed by atoms with E-state index in [2.05, 4.69) is 0 Å². The van der Waals surface area contributed by atoms with Crippen LogP contribution in [-0.4, -0.2) is 72.4 Å². The number of carbonyl (C=O) groups is 2. The molecule has 2 aromatic carbocycles. The van der Waals surface area contributed by atoms with Crippen LogP contribution >= 0.6 is 21.6 Å². The number of carboxylic acid groups (broad SMARTS) is 2. The highest BCUT2D eigenvalue weighted by Gasteiger charge is 2.28. The number of hydrogen-bond acceptors (Lipinski definition) is 12. The van der Waals surface area contributed by atoms with Gasteiger partial charge in [-0.25, -0.2) is 16.8 Å². The third-order valence-electron chi connectivity index (χ3n) is 4.46. The highest BCUT2D eigenvalue weighted by molar-refractivity contribution is 8.76. The molecule has 38 heavy (non-hydrogen) atoms. The molecule has 16 nitrogen and oxygen atoms in total. The highest BCUT2D eigenvalue weighted by atomic mass is 33.1. The topological polar surface area (TPSA) is 253 Å². The van der Waals surface area contributed by atoms with Gasteiger partial charge in [-0.3, -0.25) is 29.8 Å². The summed E-state index contributed by atoms with van der Waals surface area (Å²) in [7, 11) is -7.26. The van der Waals surface area contributed by atoms with Crippen LogP contribution < -0.4 is 9.44 Å². The molecular formula is C18H18N4O12S4. The number of nitrogens with zero attached hydrogens (tertiary/aromatic N) is 2. The minimum absolute atomic E-state index is 0.372. The molecule has 0 fully saturated rings. The normalized spacial score (nSPS) is 13.4. The summed E-state index contributed by atoms with van der Waals surface area (Å²) in [5, 5.41) is 40.1. The zero-order valence-corrected chi connectivity index (χ0v) is 22.0. The van der Waals surface area contributed by atoms with Crippen LogP contribution in [0.5, 0.6) is 0 Å². The van der Waals surface area contributed by atoms with E-state index in [0.29, 0.717) is 0 Å². The Hall–Kier alpha value is -3.30. The molecule has 0 bridgehead atoms. The summed E-state index contributed by atoms with van der Waals surface area (Å²) in [6, 6.07) is 4.08. The van der Waals surface area contributed by atoms with Gasteiger partial charge < -0.3 is 10.2 Å². The number of carboxylic acids is 2. The zero-order chi connectivity index (χ0) is 28.7. The fraction of sp³-hybridized carbons (Fsp3) is 0.222. The molecule has 2 aromatic rings. The molecule has 0 aliphatic rings. The van der Waals surface area contributed by atoms with E-state index in [1.54, 1.807) is 0 Å². The van der Waals surface area contributed by atoms with Gasteiger partial charge in [0.1, 0.15) is 12.1 Å². The molecule has 0 aliphatic heterocycles. The molecule has 2 atom stereocenters. The van der Waals surface area contributed by atoms with Gasteiger partial charge in [-0.1, -0.05) is 21.6 Å². The predicted octanol–water partition coefficient (Wildman–Crippen LogP) is 1.05. The van der Waals surface area contributed by atoms with Crippen LogP contribution in [0.3, 0.4) is 0 Å². The van der Waals surface area contributed by atoms with Gasteiger partial charge >= 0.3 is 11.9 Å². The van der Waals surface area contributed by atoms with Crippen molar-refractivity contribution < 1.29 is 46.5 Å². The maximum Gasteiger partial charge on any atom is 0.322 e. The second-order valence-electron chi connectivity index (χ2n) is 7.10. The predicted molar refractivity (Wildman–Crippen MR) is 135 cm³/mol. The zero-order valence-electron chi connectivity index (χ0n) is 18.7. The van der Waals surface area contributed by atoms with Crippen molar-refractivity contribution in [3.63, 3.8) is 0 Å². The van der Waals surface area contributed by atoms with Gasteiger partial charge in [-0.2, -0.15) is 9.44 Å². The second kappa shape index (κ2) is 13.0. The third-order valence-corrected chi connectivity index (χ3v) is 9.86. The summed E-state index contributed by atoms with van der Waals surface area (Å²) in [6.07, 6.45) is 0. The number of benzene rings is 2. The summed E-state index contributed by atoms with van der Waals surface area (Å²) in [5.41, 5.74) is -0.745. The second-order valence-corrected chi connectivity index (χ2v) is 13.1. The molecule has 0 spiro atoms. The van der Waals surface area contributed by atoms with Crippen LogP contribution in [0.15, 0.2) is 58.3 Å². The number of nitro groups is 2. The maximum atomic E-state index is 12.5. The summed E-state index contributed by atoms with van der Waals surface area (Å²) in [5.74, 6) is -3.91. The number of nitrogens with one attached hydrogen (secondary N) is 2. The lowest BCUT2D eigenvalue weighted by molar-refractivity contribution is -0.385. The summed E-state index contributed by atoms with van der Waals surface area (Å²) in [6.45, 7) is 0. The van der Waals surface area contributed by atoms with Crippen LogP contribution in [0, 0.1) is 20.2 Å². The first-order valence-corrected chi connectivity index (χ1v) is 15.3. The monoisotopic (exact) mass is 610 g/mol. The largest absolute Gasteiger partial charge is 0.480 e. The van der Waals surface area contributed by atoms with Crippen molar-refractivity contribution in [3.8, 4) is 0 Å². The Bertz CT molecular complexity index is 1300. The molecule has 0 radical (unpaired) electrons. The standard InChI is InChI=1S/C18H18N4O12S4/c23-17(24)15(19-37(31,32)13-5-1-11(2-6-13)21(27)28)9-35-36-10-16(18(25)26)20-38(33,34)14-7-3-12(4-8-14)22(29)30/h1-8,15-16,19-20H,9-10H2,(H,23,24)(H,25,26). The van der Waals surface area contributed by atoms with E-state index in [1.165, 1.54) is 0 Å². The number of nitro benzene ring substituents is 2. The average Bonchev–Trinajstić information content (AvgIpc) is 2.84. The lowest BCUT2D eigenvalue weighted by Gasteiger charge is -2.16. The molecule has 0 saturated carbocycles. The number of sulfonamides is 2. The molecule has 20 heteroatoms. The van der Waals surface area contributed by atoms with E-state index in [4.69, 9.17) is 0 Å². The van der Waals surface area contributed by atoms with Gasteiger partial charge in [0, 0.05) is 35.8 Å². The number of aliphatic carboxylic acids is 2. The molecule has 2 unspecified atom stereocenters. The molecule has 0 heterocycles. The van der Waals surface area contributed by atoms with E-state index in [9.17, 15) is 56.9 Å². The van der Waals surface area contributed by atoms with Crippen LogP contribution in [-0.2, 0) is 29.6 Å². The van der Waals surface area contributed by atoms with E-state index in [-0.39, 0.29) is 11.4 Å². The van der Waals surface area contributed by atoms with Gasteiger partial charge in [0.25, 0.3) is 11.4 Å². The summed E-state index contributed by atoms with van der Waals surface area (Å²) < 4.78 is 53.7. The van der Waals surface area contributed by atoms with Gasteiger partial charge in [0.2, 0.25) is 20.0 Å². The van der Waals surface area contributed by atoms with Crippen molar-refractivity contribution in [1.82, 2.24) is 9.44 Å². The smallest absolute Gasteiger partial charge is 0.322 e. The van der Waals surface area contributed by atoms with Gasteiger partial charge in [-0.05, 0) is 24.3 Å². The molecule has 0 saturated heterocycles. The molecular weight excluding hydrogens is 592 g/mol. The van der Waals surface area contributed by atoms with E-state index in [1.807, 2.05) is 9.44 Å². The molecule has 2 rings (SSSR count). The van der Waals surface area contributed by atoms with Crippen molar-refractivity contribution in [2.75, 3.05) is 11.5 Å². The quantitative estimate of drug-likeness (QED) is 0.0951. The Balaban J connectivity index is 1.99. The maximum absolute atomic E-state index is 12.5. The summed E-state index contributed by atoms with van der Waals surface area (Å²) >= 11 is 0. The van der Waals surface area contributed by atoms with Crippen molar-refractivity contribution in [2.45, 2.75) is 21.9 Å². The first-order valence-electron chi connectivity index (χ1n) is 9.87. The molecule has 206 valence electrons. The lowest BCUT2D eigenvalue weighted by atomic mass is 10.3. The molecule has 0 aromatic heterocycles. The van der Waals surface area contributed by atoms with Crippen LogP contribution in [0.4, 0.5) is 11.4 Å². The van der Waals surface area contributed by atoms with Crippen molar-refractivity contribution >= 4 is 64.9 Å². The van der Waals surface area contributed by atoms with Gasteiger partial charge in [-0.15, -0.1) is 0 Å². The Morgan fingerprint density at radius 1 is 0.711 bits per heavy atom. The molecule has 0 amide bonds. The lowest BCUT2D eigenvalue weighted by Crippen LogP contribution is -2.43. The van der Waals surface area contributed by atoms with Gasteiger partial charge in [0.15, 0.2) is 0 Å². The fourth-order valence-electron chi connectivity index (χ4n) is 2.55. The molecule has 4 N–H and O–H groups in total. The van der Waals surface area contributed by atoms with Crippen molar-refractivity contribution in [2.24, 2.45) is 0 Å². The Morgan fingerprint density at radius 2 is 1.00 bits per heavy atom. The Kier molecular flexibility index (Phi) is 10.6. The van der Waals surface area contributed by atoms with Crippen LogP contribution in [0.2, 0.25) is 0 Å². The Morgan fingerprint density at radius 3 is 1.24 bits per heavy atom. The average molecular weight is 611 g/mol. The SMILES string of the molecule is O=C(O)C(CSSCC(NS(=O)(=O)c1ccc([N+](=O)[O-])cc1)C(=O)O)NS(=O)(=O)c1ccc([N+](=O)[O-])cc1. The first-order chi connectivity index (χ1) is 17.6. The van der Waals surface area contributed by atoms with Crippen LogP contribution in [0.1, 0.15) is 0 Å². The van der Waals surface area contributed by atoms with E-state index >= 15 is 0 Å². The summed E-state index contributed by atoms with van der Waals surface area (Å²) in [4.78, 5) is 42.2. The minimum atomic E-state index is -4.38. The first kappa shape index (κ1) is 30.9. The minimum Gasteiger partial charge on any atom is -0.480 e. The van der Waals surface area contributed by atoms with Gasteiger partial charge in [0.05, 0.1) is 19.6 Å². The van der Waals surface area contributed by atoms with Crippen molar-refractivity contribution in [1.29, 1.82) is 0 Å². The van der Waals surface area contributed by atoms with E-state index < -0.39 is 75.2 Å². The third kappa shape index (κ3) is 8.63. The molecule has 0 aliphatic carbocycles. The fourth-order valence-corrected chi connectivity index (χ4v) is 7.45. The highest BCUT2D eigenvalue weighted by Crippen LogP contribution is 2.25. The van der Waals surface area contributed by atoms with Crippen molar-refractivity contribution in [3.05, 3.63) is 68.8 Å². The Labute approximate surface area is 222 Å². The van der Waals surface area contributed by atoms with Crippen LogP contribution in [0.25, 0.3) is 0 Å².